The van der Waals surface area contributed by atoms with Gasteiger partial charge in [0.2, 0.25) is 0 Å². The predicted molar refractivity (Wildman–Crippen MR) is 83.3 cm³/mol. The topological polar surface area (TPSA) is 79.3 Å². The second kappa shape index (κ2) is 8.60. The molecule has 2 rings (SSSR count). The van der Waals surface area contributed by atoms with Gasteiger partial charge in [-0.05, 0) is 19.2 Å². The molecule has 1 N–H and O–H groups in total. The molecule has 1 saturated heterocycles. The van der Waals surface area contributed by atoms with E-state index in [4.69, 9.17) is 14.6 Å². The molecule has 7 nitrogen and oxygen atoms in total. The van der Waals surface area contributed by atoms with Crippen LogP contribution >= 0.6 is 0 Å². The van der Waals surface area contributed by atoms with Crippen molar-refractivity contribution in [3.8, 4) is 5.75 Å². The minimum Gasteiger partial charge on any atom is -0.481 e. The summed E-state index contributed by atoms with van der Waals surface area (Å²) in [5.74, 6) is -1.65. The SMILES string of the molecule is CN(CC(=O)O)C[C@H]1CN(C(=O)COc2ccccc2F)CCO1. The number of likely N-dealkylation sites (N-methyl/N-ethyl adjacent to an activating group) is 1. The first-order chi connectivity index (χ1) is 11.5. The van der Waals surface area contributed by atoms with E-state index in [0.29, 0.717) is 26.2 Å². The quantitative estimate of drug-likeness (QED) is 0.776. The number of hydrogen-bond donors (Lipinski definition) is 1. The van der Waals surface area contributed by atoms with Gasteiger partial charge in [0.1, 0.15) is 0 Å². The lowest BCUT2D eigenvalue weighted by atomic mass is 10.2. The highest BCUT2D eigenvalue weighted by Gasteiger charge is 2.25. The molecule has 1 heterocycles. The van der Waals surface area contributed by atoms with Crippen LogP contribution in [-0.2, 0) is 14.3 Å². The predicted octanol–water partition coefficient (Wildman–Crippen LogP) is 0.448. The van der Waals surface area contributed by atoms with E-state index >= 15 is 0 Å². The molecular weight excluding hydrogens is 319 g/mol. The van der Waals surface area contributed by atoms with E-state index in [2.05, 4.69) is 0 Å². The second-order valence-electron chi connectivity index (χ2n) is 5.64. The Kier molecular flexibility index (Phi) is 6.51. The van der Waals surface area contributed by atoms with Crippen molar-refractivity contribution in [3.63, 3.8) is 0 Å². The maximum Gasteiger partial charge on any atom is 0.317 e. The molecule has 0 aromatic heterocycles. The Morgan fingerprint density at radius 2 is 2.21 bits per heavy atom. The number of ether oxygens (including phenoxy) is 2. The molecule has 0 radical (unpaired) electrons. The number of carbonyl (C=O) groups is 2. The molecule has 0 unspecified atom stereocenters. The van der Waals surface area contributed by atoms with Gasteiger partial charge in [-0.15, -0.1) is 0 Å². The Morgan fingerprint density at radius 1 is 1.46 bits per heavy atom. The first-order valence-electron chi connectivity index (χ1n) is 7.62. The Balaban J connectivity index is 1.81. The molecule has 132 valence electrons. The highest BCUT2D eigenvalue weighted by atomic mass is 19.1. The lowest BCUT2D eigenvalue weighted by molar-refractivity contribution is -0.143. The summed E-state index contributed by atoms with van der Waals surface area (Å²) in [7, 11) is 1.68. The fourth-order valence-corrected chi connectivity index (χ4v) is 2.49. The molecular formula is C16H21FN2O5. The number of benzene rings is 1. The number of nitrogens with zero attached hydrogens (tertiary/aromatic N) is 2. The van der Waals surface area contributed by atoms with Crippen LogP contribution in [0.5, 0.6) is 5.75 Å². The van der Waals surface area contributed by atoms with Crippen molar-refractivity contribution >= 4 is 11.9 Å². The number of carboxylic acids is 1. The van der Waals surface area contributed by atoms with Crippen LogP contribution in [0.4, 0.5) is 4.39 Å². The van der Waals surface area contributed by atoms with Crippen molar-refractivity contribution in [2.45, 2.75) is 6.10 Å². The molecule has 0 aliphatic carbocycles. The summed E-state index contributed by atoms with van der Waals surface area (Å²) in [5.41, 5.74) is 0. The minimum absolute atomic E-state index is 0.0388. The summed E-state index contributed by atoms with van der Waals surface area (Å²) in [6.07, 6.45) is -0.263. The maximum atomic E-state index is 13.5. The molecule has 8 heteroatoms. The summed E-state index contributed by atoms with van der Waals surface area (Å²) in [6, 6.07) is 5.91. The molecule has 1 aliphatic heterocycles. The van der Waals surface area contributed by atoms with E-state index in [-0.39, 0.29) is 30.9 Å². The number of carbonyl (C=O) groups excluding carboxylic acids is 1. The monoisotopic (exact) mass is 340 g/mol. The normalized spacial score (nSPS) is 17.8. The van der Waals surface area contributed by atoms with E-state index in [1.807, 2.05) is 0 Å². The summed E-state index contributed by atoms with van der Waals surface area (Å²) in [5, 5.41) is 8.76. The number of amides is 1. The molecule has 0 saturated carbocycles. The molecule has 0 spiro atoms. The number of hydrogen-bond acceptors (Lipinski definition) is 5. The van der Waals surface area contributed by atoms with Crippen LogP contribution < -0.4 is 4.74 Å². The summed E-state index contributed by atoms with van der Waals surface area (Å²) in [6.45, 7) is 1.21. The molecule has 0 bridgehead atoms. The Morgan fingerprint density at radius 3 is 2.92 bits per heavy atom. The Labute approximate surface area is 139 Å². The molecule has 1 aliphatic rings. The second-order valence-corrected chi connectivity index (χ2v) is 5.64. The van der Waals surface area contributed by atoms with Crippen molar-refractivity contribution in [2.75, 3.05) is 46.4 Å². The van der Waals surface area contributed by atoms with Crippen molar-refractivity contribution in [3.05, 3.63) is 30.1 Å². The largest absolute Gasteiger partial charge is 0.481 e. The van der Waals surface area contributed by atoms with Crippen LogP contribution in [0.1, 0.15) is 0 Å². The highest BCUT2D eigenvalue weighted by molar-refractivity contribution is 5.78. The van der Waals surface area contributed by atoms with Crippen LogP contribution in [-0.4, -0.2) is 79.3 Å². The van der Waals surface area contributed by atoms with Crippen LogP contribution in [0.25, 0.3) is 0 Å². The third-order valence-corrected chi connectivity index (χ3v) is 3.60. The smallest absolute Gasteiger partial charge is 0.317 e. The van der Waals surface area contributed by atoms with E-state index in [1.54, 1.807) is 29.0 Å². The highest BCUT2D eigenvalue weighted by Crippen LogP contribution is 2.15. The third-order valence-electron chi connectivity index (χ3n) is 3.60. The van der Waals surface area contributed by atoms with Crippen LogP contribution in [0.3, 0.4) is 0 Å². The van der Waals surface area contributed by atoms with Gasteiger partial charge in [0.05, 0.1) is 19.3 Å². The Hall–Kier alpha value is -2.19. The van der Waals surface area contributed by atoms with Gasteiger partial charge < -0.3 is 19.5 Å². The Bertz CT molecular complexity index is 583. The number of aliphatic carboxylic acids is 1. The van der Waals surface area contributed by atoms with Gasteiger partial charge in [-0.2, -0.15) is 0 Å². The van der Waals surface area contributed by atoms with E-state index in [9.17, 15) is 14.0 Å². The molecule has 1 aromatic rings. The van der Waals surface area contributed by atoms with Crippen molar-refractivity contribution in [1.82, 2.24) is 9.80 Å². The summed E-state index contributed by atoms with van der Waals surface area (Å²) >= 11 is 0. The standard InChI is InChI=1S/C16H21FN2O5/c1-18(10-16(21)22)8-12-9-19(6-7-23-12)15(20)11-24-14-5-3-2-4-13(14)17/h2-5,12H,6-11H2,1H3,(H,21,22)/t12-/m0/s1. The number of morpholine rings is 1. The van der Waals surface area contributed by atoms with Gasteiger partial charge in [-0.1, -0.05) is 12.1 Å². The van der Waals surface area contributed by atoms with Crippen LogP contribution in [0, 0.1) is 5.82 Å². The molecule has 1 fully saturated rings. The fraction of sp³-hybridized carbons (Fsp3) is 0.500. The van der Waals surface area contributed by atoms with E-state index in [1.165, 1.54) is 12.1 Å². The molecule has 1 amide bonds. The maximum absolute atomic E-state index is 13.5. The third kappa shape index (κ3) is 5.47. The lowest BCUT2D eigenvalue weighted by Crippen LogP contribution is -2.50. The number of para-hydroxylation sites is 1. The van der Waals surface area contributed by atoms with Gasteiger partial charge >= 0.3 is 5.97 Å². The van der Waals surface area contributed by atoms with Crippen molar-refractivity contribution in [1.29, 1.82) is 0 Å². The number of rotatable bonds is 7. The first kappa shape index (κ1) is 18.2. The van der Waals surface area contributed by atoms with Gasteiger partial charge in [0, 0.05) is 19.6 Å². The van der Waals surface area contributed by atoms with Gasteiger partial charge in [-0.3, -0.25) is 14.5 Å². The van der Waals surface area contributed by atoms with Crippen LogP contribution in [0.2, 0.25) is 0 Å². The van der Waals surface area contributed by atoms with E-state index in [0.717, 1.165) is 0 Å². The fourth-order valence-electron chi connectivity index (χ4n) is 2.49. The average molecular weight is 340 g/mol. The number of carboxylic acid groups (broad SMARTS) is 1. The average Bonchev–Trinajstić information content (AvgIpc) is 2.53. The molecule has 24 heavy (non-hydrogen) atoms. The molecule has 1 atom stereocenters. The summed E-state index contributed by atoms with van der Waals surface area (Å²) in [4.78, 5) is 26.1. The van der Waals surface area contributed by atoms with E-state index < -0.39 is 11.8 Å². The van der Waals surface area contributed by atoms with Crippen LogP contribution in [0.15, 0.2) is 24.3 Å². The zero-order valence-electron chi connectivity index (χ0n) is 13.5. The van der Waals surface area contributed by atoms with Gasteiger partial charge in [-0.25, -0.2) is 4.39 Å². The van der Waals surface area contributed by atoms with Gasteiger partial charge in [0.25, 0.3) is 5.91 Å². The first-order valence-corrected chi connectivity index (χ1v) is 7.62. The van der Waals surface area contributed by atoms with Crippen molar-refractivity contribution in [2.24, 2.45) is 0 Å². The molecule has 1 aromatic carbocycles. The zero-order valence-corrected chi connectivity index (χ0v) is 13.5. The van der Waals surface area contributed by atoms with Gasteiger partial charge in [0.15, 0.2) is 18.2 Å². The number of halogens is 1. The summed E-state index contributed by atoms with van der Waals surface area (Å²) < 4.78 is 24.3. The zero-order chi connectivity index (χ0) is 17.5. The lowest BCUT2D eigenvalue weighted by Gasteiger charge is -2.34. The van der Waals surface area contributed by atoms with Crippen molar-refractivity contribution < 1.29 is 28.6 Å². The minimum atomic E-state index is -0.917.